The van der Waals surface area contributed by atoms with Gasteiger partial charge in [0.15, 0.2) is 0 Å². The zero-order chi connectivity index (χ0) is 23.0. The highest BCUT2D eigenvalue weighted by Gasteiger charge is 2.34. The zero-order valence-electron chi connectivity index (χ0n) is 16.2. The number of para-hydroxylation sites is 1. The third-order valence-electron chi connectivity index (χ3n) is 4.92. The molecule has 1 aliphatic rings. The molecule has 2 amide bonds. The highest BCUT2D eigenvalue weighted by Crippen LogP contribution is 2.37. The molecule has 4 rings (SSSR count). The van der Waals surface area contributed by atoms with Crippen LogP contribution < -0.4 is 10.9 Å². The van der Waals surface area contributed by atoms with Gasteiger partial charge in [0.25, 0.3) is 5.91 Å². The fourth-order valence-electron chi connectivity index (χ4n) is 3.44. The van der Waals surface area contributed by atoms with Gasteiger partial charge in [-0.1, -0.05) is 29.8 Å². The van der Waals surface area contributed by atoms with Crippen LogP contribution in [0.3, 0.4) is 0 Å². The van der Waals surface area contributed by atoms with Gasteiger partial charge in [0.05, 0.1) is 11.1 Å². The average Bonchev–Trinajstić information content (AvgIpc) is 2.74. The van der Waals surface area contributed by atoms with Crippen LogP contribution in [0.15, 0.2) is 53.5 Å². The van der Waals surface area contributed by atoms with Gasteiger partial charge in [-0.15, -0.1) is 11.8 Å². The van der Waals surface area contributed by atoms with Crippen molar-refractivity contribution in [3.63, 3.8) is 0 Å². The molecule has 0 saturated carbocycles. The number of hydrogen-bond donors (Lipinski definition) is 2. The van der Waals surface area contributed by atoms with Crippen molar-refractivity contribution in [1.29, 1.82) is 0 Å². The minimum atomic E-state index is -4.67. The molecule has 1 fully saturated rings. The van der Waals surface area contributed by atoms with E-state index in [0.29, 0.717) is 16.3 Å². The number of amides is 2. The number of benzene rings is 2. The Morgan fingerprint density at radius 2 is 1.94 bits per heavy atom. The number of hydrazine groups is 1. The molecular formula is C21H15ClF3N3O3S. The summed E-state index contributed by atoms with van der Waals surface area (Å²) in [5, 5.41) is 0.727. The second-order valence-electron chi connectivity index (χ2n) is 6.99. The second kappa shape index (κ2) is 8.51. The highest BCUT2D eigenvalue weighted by atomic mass is 35.5. The van der Waals surface area contributed by atoms with Crippen molar-refractivity contribution in [3.8, 4) is 0 Å². The van der Waals surface area contributed by atoms with Crippen LogP contribution in [0.25, 0.3) is 10.9 Å². The number of aromatic amines is 1. The van der Waals surface area contributed by atoms with Crippen LogP contribution in [0.4, 0.5) is 13.2 Å². The highest BCUT2D eigenvalue weighted by molar-refractivity contribution is 7.99. The van der Waals surface area contributed by atoms with E-state index >= 15 is 0 Å². The Morgan fingerprint density at radius 1 is 1.19 bits per heavy atom. The van der Waals surface area contributed by atoms with Crippen LogP contribution in [-0.4, -0.2) is 27.6 Å². The van der Waals surface area contributed by atoms with E-state index in [4.69, 9.17) is 11.6 Å². The van der Waals surface area contributed by atoms with Gasteiger partial charge in [0.1, 0.15) is 10.9 Å². The van der Waals surface area contributed by atoms with Gasteiger partial charge in [0, 0.05) is 28.8 Å². The molecule has 11 heteroatoms. The van der Waals surface area contributed by atoms with Gasteiger partial charge in [-0.2, -0.15) is 13.2 Å². The summed E-state index contributed by atoms with van der Waals surface area (Å²) in [5.41, 5.74) is 0.407. The molecule has 166 valence electrons. The summed E-state index contributed by atoms with van der Waals surface area (Å²) in [7, 11) is 0. The minimum absolute atomic E-state index is 0.172. The number of nitrogens with zero attached hydrogens (tertiary/aromatic N) is 1. The number of aromatic nitrogens is 1. The van der Waals surface area contributed by atoms with Crippen molar-refractivity contribution in [1.82, 2.24) is 15.4 Å². The Labute approximate surface area is 188 Å². The number of carbonyl (C=O) groups excluding carboxylic acids is 2. The third-order valence-corrected chi connectivity index (χ3v) is 6.39. The summed E-state index contributed by atoms with van der Waals surface area (Å²) >= 11 is 7.45. The zero-order valence-corrected chi connectivity index (χ0v) is 17.8. The van der Waals surface area contributed by atoms with Crippen LogP contribution in [-0.2, 0) is 11.0 Å². The van der Waals surface area contributed by atoms with E-state index in [2.05, 4.69) is 10.4 Å². The molecule has 2 N–H and O–H groups in total. The molecule has 0 spiro atoms. The molecule has 1 aromatic heterocycles. The number of thioether (sulfide) groups is 1. The summed E-state index contributed by atoms with van der Waals surface area (Å²) < 4.78 is 39.7. The molecule has 0 aliphatic carbocycles. The summed E-state index contributed by atoms with van der Waals surface area (Å²) in [4.78, 5) is 40.6. The lowest BCUT2D eigenvalue weighted by atomic mass is 10.1. The smallest absolute Gasteiger partial charge is 0.360 e. The predicted octanol–water partition coefficient (Wildman–Crippen LogP) is 4.51. The van der Waals surface area contributed by atoms with Gasteiger partial charge < -0.3 is 4.98 Å². The van der Waals surface area contributed by atoms with E-state index in [1.54, 1.807) is 24.3 Å². The van der Waals surface area contributed by atoms with Crippen molar-refractivity contribution in [2.24, 2.45) is 0 Å². The topological polar surface area (TPSA) is 82.3 Å². The maximum absolute atomic E-state index is 13.2. The molecule has 6 nitrogen and oxygen atoms in total. The number of hydrogen-bond acceptors (Lipinski definition) is 4. The molecule has 32 heavy (non-hydrogen) atoms. The van der Waals surface area contributed by atoms with Gasteiger partial charge in [0.2, 0.25) is 11.3 Å². The summed E-state index contributed by atoms with van der Waals surface area (Å²) in [6, 6.07) is 9.95. The Morgan fingerprint density at radius 3 is 2.66 bits per heavy atom. The van der Waals surface area contributed by atoms with Crippen LogP contribution in [0.1, 0.15) is 33.3 Å². The van der Waals surface area contributed by atoms with Crippen molar-refractivity contribution >= 4 is 46.1 Å². The van der Waals surface area contributed by atoms with E-state index in [1.807, 2.05) is 0 Å². The van der Waals surface area contributed by atoms with Gasteiger partial charge in [-0.3, -0.25) is 19.8 Å². The number of nitrogens with one attached hydrogen (secondary N) is 2. The van der Waals surface area contributed by atoms with Gasteiger partial charge in [-0.25, -0.2) is 5.01 Å². The van der Waals surface area contributed by atoms with E-state index in [1.165, 1.54) is 17.8 Å². The molecule has 2 heterocycles. The first-order valence-corrected chi connectivity index (χ1v) is 10.8. The number of halogens is 4. The number of H-pyrrole nitrogens is 1. The fourth-order valence-corrected chi connectivity index (χ4v) is 4.81. The molecular weight excluding hydrogens is 467 g/mol. The van der Waals surface area contributed by atoms with E-state index in [0.717, 1.165) is 23.3 Å². The lowest BCUT2D eigenvalue weighted by molar-refractivity contribution is -0.136. The average molecular weight is 482 g/mol. The van der Waals surface area contributed by atoms with Crippen LogP contribution in [0.5, 0.6) is 0 Å². The largest absolute Gasteiger partial charge is 0.418 e. The summed E-state index contributed by atoms with van der Waals surface area (Å²) in [6.07, 6.45) is -3.58. The number of carbonyl (C=O) groups is 2. The van der Waals surface area contributed by atoms with E-state index in [-0.39, 0.29) is 17.7 Å². The lowest BCUT2D eigenvalue weighted by Gasteiger charge is -2.35. The molecule has 1 atom stereocenters. The van der Waals surface area contributed by atoms with Crippen LogP contribution in [0.2, 0.25) is 5.02 Å². The maximum atomic E-state index is 13.2. The Bertz CT molecular complexity index is 1280. The molecule has 1 aliphatic heterocycles. The van der Waals surface area contributed by atoms with Crippen molar-refractivity contribution in [2.75, 3.05) is 5.75 Å². The van der Waals surface area contributed by atoms with E-state index in [9.17, 15) is 27.6 Å². The molecule has 1 saturated heterocycles. The maximum Gasteiger partial charge on any atom is 0.418 e. The SMILES string of the molecule is O=C(NN1C(=O)CCSC1c1cccc(Cl)c1)c1c[nH]c2c(C(F)(F)F)cccc2c1=O. The van der Waals surface area contributed by atoms with Crippen molar-refractivity contribution in [3.05, 3.63) is 80.6 Å². The molecule has 0 bridgehead atoms. The number of fused-ring (bicyclic) bond motifs is 1. The quantitative estimate of drug-likeness (QED) is 0.576. The molecule has 0 radical (unpaired) electrons. The van der Waals surface area contributed by atoms with Crippen molar-refractivity contribution < 1.29 is 22.8 Å². The van der Waals surface area contributed by atoms with Crippen molar-refractivity contribution in [2.45, 2.75) is 18.0 Å². The molecule has 2 aromatic carbocycles. The first kappa shape index (κ1) is 22.2. The van der Waals surface area contributed by atoms with Crippen LogP contribution >= 0.6 is 23.4 Å². The van der Waals surface area contributed by atoms with Crippen LogP contribution in [0, 0.1) is 0 Å². The minimum Gasteiger partial charge on any atom is -0.360 e. The number of pyridine rings is 1. The first-order chi connectivity index (χ1) is 15.2. The number of rotatable bonds is 3. The second-order valence-corrected chi connectivity index (χ2v) is 8.61. The number of alkyl halides is 3. The monoisotopic (exact) mass is 481 g/mol. The Balaban J connectivity index is 1.69. The Hall–Kier alpha value is -2.98. The molecule has 3 aromatic rings. The van der Waals surface area contributed by atoms with E-state index < -0.39 is 39.5 Å². The Kier molecular flexibility index (Phi) is 5.91. The van der Waals surface area contributed by atoms with Gasteiger partial charge >= 0.3 is 6.18 Å². The fraction of sp³-hybridized carbons (Fsp3) is 0.190. The lowest BCUT2D eigenvalue weighted by Crippen LogP contribution is -2.50. The third kappa shape index (κ3) is 4.20. The molecule has 1 unspecified atom stereocenters. The first-order valence-electron chi connectivity index (χ1n) is 9.38. The van der Waals surface area contributed by atoms with Gasteiger partial charge in [-0.05, 0) is 29.8 Å². The summed E-state index contributed by atoms with van der Waals surface area (Å²) in [6.45, 7) is 0. The normalized spacial score (nSPS) is 16.9. The predicted molar refractivity (Wildman–Crippen MR) is 115 cm³/mol. The standard InChI is InChI=1S/C21H15ClF3N3O3S/c22-12-4-1-3-11(9-12)20-28(16(29)7-8-32-20)27-19(31)14-10-26-17-13(18(14)30)5-2-6-15(17)21(23,24)25/h1-6,9-10,20H,7-8H2,(H,26,30)(H,27,31). The summed E-state index contributed by atoms with van der Waals surface area (Å²) in [5.74, 6) is -0.744.